The van der Waals surface area contributed by atoms with E-state index in [1.807, 2.05) is 57.2 Å². The molecule has 1 unspecified atom stereocenters. The maximum Gasteiger partial charge on any atom is 0.246 e. The summed E-state index contributed by atoms with van der Waals surface area (Å²) in [7, 11) is 3.30. The van der Waals surface area contributed by atoms with Crippen LogP contribution in [0.2, 0.25) is 0 Å². The number of hydrogen-bond acceptors (Lipinski definition) is 11. The van der Waals surface area contributed by atoms with E-state index in [1.165, 1.54) is 20.9 Å². The summed E-state index contributed by atoms with van der Waals surface area (Å²) in [6, 6.07) is 9.89. The molecule has 0 saturated carbocycles. The van der Waals surface area contributed by atoms with Gasteiger partial charge in [-0.05, 0) is 126 Å². The molecule has 2 fully saturated rings. The molecule has 0 radical (unpaired) electrons. The molecule has 2 aromatic rings. The number of amides is 8. The highest BCUT2D eigenvalue weighted by Crippen LogP contribution is 2.33. The number of rotatable bonds is 21. The normalized spacial score (nSPS) is 23.1. The molecule has 400 valence electrons. The van der Waals surface area contributed by atoms with E-state index >= 15 is 0 Å². The first-order valence-electron chi connectivity index (χ1n) is 26.4. The van der Waals surface area contributed by atoms with Crippen molar-refractivity contribution < 1.29 is 38.4 Å². The molecule has 4 aliphatic rings. The van der Waals surface area contributed by atoms with E-state index in [2.05, 4.69) is 54.7 Å². The Labute approximate surface area is 430 Å². The van der Waals surface area contributed by atoms with Crippen molar-refractivity contribution in [1.29, 1.82) is 0 Å². The van der Waals surface area contributed by atoms with E-state index in [-0.39, 0.29) is 106 Å². The van der Waals surface area contributed by atoms with Crippen LogP contribution in [0.15, 0.2) is 48.5 Å². The summed E-state index contributed by atoms with van der Waals surface area (Å²) in [5.41, 5.74) is 10.2. The quantitative estimate of drug-likeness (QED) is 0.0813. The summed E-state index contributed by atoms with van der Waals surface area (Å²) in [6.07, 6.45) is 6.50. The van der Waals surface area contributed by atoms with E-state index < -0.39 is 65.6 Å². The van der Waals surface area contributed by atoms with Gasteiger partial charge in [-0.1, -0.05) is 69.3 Å². The Morgan fingerprint density at radius 2 is 1.18 bits per heavy atom. The third kappa shape index (κ3) is 14.9. The molecule has 2 aliphatic heterocycles. The highest BCUT2D eigenvalue weighted by molar-refractivity contribution is 5.95. The Morgan fingerprint density at radius 3 is 1.74 bits per heavy atom. The summed E-state index contributed by atoms with van der Waals surface area (Å²) in [6.45, 7) is 9.34. The molecule has 2 heterocycles. The highest BCUT2D eigenvalue weighted by atomic mass is 16.2. The van der Waals surface area contributed by atoms with Gasteiger partial charge in [-0.3, -0.25) is 38.4 Å². The van der Waals surface area contributed by atoms with E-state index in [0.717, 1.165) is 49.7 Å². The Kier molecular flexibility index (Phi) is 20.0. The molecular weight excluding hydrogens is 931 g/mol. The number of nitrogens with two attached hydrogens (primary N) is 1. The summed E-state index contributed by atoms with van der Waals surface area (Å²) in [5.74, 6) is -2.80. The molecule has 8 amide bonds. The van der Waals surface area contributed by atoms with Crippen molar-refractivity contribution in [2.75, 3.05) is 33.7 Å². The predicted octanol–water partition coefficient (Wildman–Crippen LogP) is 1.69. The summed E-state index contributed by atoms with van der Waals surface area (Å²) < 4.78 is 0. The van der Waals surface area contributed by atoms with Crippen LogP contribution in [-0.4, -0.2) is 139 Å². The van der Waals surface area contributed by atoms with Gasteiger partial charge in [-0.25, -0.2) is 0 Å². The Bertz CT molecular complexity index is 2300. The summed E-state index contributed by atoms with van der Waals surface area (Å²) >= 11 is 0. The van der Waals surface area contributed by atoms with Crippen LogP contribution in [0.5, 0.6) is 0 Å². The lowest BCUT2D eigenvalue weighted by Gasteiger charge is -2.36. The molecule has 6 rings (SSSR count). The second-order valence-corrected chi connectivity index (χ2v) is 21.5. The van der Waals surface area contributed by atoms with Crippen LogP contribution in [0.4, 0.5) is 0 Å². The van der Waals surface area contributed by atoms with Gasteiger partial charge in [0.2, 0.25) is 47.3 Å². The minimum absolute atomic E-state index is 0.0163. The van der Waals surface area contributed by atoms with Crippen molar-refractivity contribution in [3.63, 3.8) is 0 Å². The van der Waals surface area contributed by atoms with Crippen LogP contribution in [0.25, 0.3) is 0 Å². The van der Waals surface area contributed by atoms with Gasteiger partial charge in [0.05, 0.1) is 24.2 Å². The number of nitrogens with zero attached hydrogens (tertiary/aromatic N) is 2. The zero-order chi connectivity index (χ0) is 53.0. The number of nitrogens with one attached hydrogen (secondary N) is 8. The highest BCUT2D eigenvalue weighted by Gasteiger charge is 2.46. The van der Waals surface area contributed by atoms with Crippen LogP contribution >= 0.6 is 0 Å². The molecule has 2 aromatic carbocycles. The number of aryl methyl sites for hydroxylation is 2. The first kappa shape index (κ1) is 56.4. The van der Waals surface area contributed by atoms with Crippen molar-refractivity contribution >= 4 is 47.3 Å². The molecule has 10 atom stereocenters. The zero-order valence-electron chi connectivity index (χ0n) is 43.9. The summed E-state index contributed by atoms with van der Waals surface area (Å²) in [5, 5.41) is 23.8. The fourth-order valence-corrected chi connectivity index (χ4v) is 10.6. The minimum Gasteiger partial charge on any atom is -0.356 e. The number of carbonyl (C=O) groups is 8. The molecule has 0 spiro atoms. The average molecular weight is 1010 g/mol. The van der Waals surface area contributed by atoms with Crippen LogP contribution in [0.3, 0.4) is 0 Å². The van der Waals surface area contributed by atoms with Crippen LogP contribution in [-0.2, 0) is 51.2 Å². The van der Waals surface area contributed by atoms with Gasteiger partial charge >= 0.3 is 0 Å². The lowest BCUT2D eigenvalue weighted by molar-refractivity contribution is -0.144. The Hall–Kier alpha value is -5.92. The van der Waals surface area contributed by atoms with Gasteiger partial charge in [0, 0.05) is 44.6 Å². The molecule has 2 saturated heterocycles. The minimum atomic E-state index is -0.975. The van der Waals surface area contributed by atoms with Crippen molar-refractivity contribution in [3.05, 3.63) is 70.8 Å². The largest absolute Gasteiger partial charge is 0.356 e. The fourth-order valence-electron chi connectivity index (χ4n) is 10.6. The molecule has 2 aliphatic carbocycles. The Morgan fingerprint density at radius 1 is 0.658 bits per heavy atom. The van der Waals surface area contributed by atoms with Gasteiger partial charge in [0.1, 0.15) is 24.2 Å². The third-order valence-corrected chi connectivity index (χ3v) is 15.0. The second kappa shape index (κ2) is 25.8. The van der Waals surface area contributed by atoms with E-state index in [4.69, 9.17) is 5.73 Å². The van der Waals surface area contributed by atoms with Gasteiger partial charge < -0.3 is 58.1 Å². The number of hydrogen-bond donors (Lipinski definition) is 9. The number of benzene rings is 2. The van der Waals surface area contributed by atoms with Crippen LogP contribution in [0, 0.1) is 5.41 Å². The summed E-state index contributed by atoms with van der Waals surface area (Å²) in [4.78, 5) is 112. The second-order valence-electron chi connectivity index (χ2n) is 21.5. The van der Waals surface area contributed by atoms with E-state index in [9.17, 15) is 38.4 Å². The monoisotopic (exact) mass is 1010 g/mol. The number of likely N-dealkylation sites (tertiary alicyclic amines) is 2. The molecule has 73 heavy (non-hydrogen) atoms. The fraction of sp³-hybridized carbons (Fsp3) is 0.630. The first-order valence-corrected chi connectivity index (χ1v) is 26.4. The zero-order valence-corrected chi connectivity index (χ0v) is 43.9. The SMILES string of the molecule is CN[C@@H](C)C(=O)N[C@@H](CCCNC(=O)CCCC(=O)N[C@H]1C[C@@H](C(=O)NC2CCCc3ccccc32)N(C(=O)[C@@H](NC(=O)[C@H](C)NC)C(C)(C)C)C1)C(=O)N1C[C@@H](N)C[C@H]1C(=O)N[C@@H]1CCCc2ccccc21. The molecule has 0 bridgehead atoms. The van der Waals surface area contributed by atoms with E-state index in [0.29, 0.717) is 6.42 Å². The molecule has 19 heteroatoms. The van der Waals surface area contributed by atoms with Gasteiger partial charge in [-0.15, -0.1) is 0 Å². The number of likely N-dealkylation sites (N-methyl/N-ethyl adjacent to an activating group) is 2. The lowest BCUT2D eigenvalue weighted by atomic mass is 9.85. The number of fused-ring (bicyclic) bond motifs is 2. The molecule has 0 aromatic heterocycles. The molecule has 10 N–H and O–H groups in total. The van der Waals surface area contributed by atoms with Crippen molar-refractivity contribution in [2.45, 2.75) is 179 Å². The predicted molar refractivity (Wildman–Crippen MR) is 277 cm³/mol. The topological polar surface area (TPSA) is 265 Å². The van der Waals surface area contributed by atoms with E-state index in [1.54, 1.807) is 27.9 Å². The molecule has 19 nitrogen and oxygen atoms in total. The Balaban J connectivity index is 1.01. The van der Waals surface area contributed by atoms with Gasteiger partial charge in [0.25, 0.3) is 0 Å². The smallest absolute Gasteiger partial charge is 0.246 e. The van der Waals surface area contributed by atoms with Crippen molar-refractivity contribution in [3.8, 4) is 0 Å². The van der Waals surface area contributed by atoms with Gasteiger partial charge in [-0.2, -0.15) is 0 Å². The maximum absolute atomic E-state index is 14.5. The lowest BCUT2D eigenvalue weighted by Crippen LogP contribution is -2.59. The standard InChI is InChI=1S/C54H81N11O8/c1-32(56-6)48(68)62-42(52(72)64-30-36(55)28-43(64)50(70)60-40-22-12-18-34-16-8-10-20-38(34)40)24-15-27-58-45(66)25-14-26-46(67)59-37-29-44(51(71)61-41-23-13-19-35-17-9-11-21-39(35)41)65(31-37)53(73)47(54(3,4)5)63-49(69)33(2)57-7/h8-11,16-17,20-21,32-33,36-37,40-44,47,56-57H,12-15,18-19,22-31,55H2,1-7H3,(H,58,66)(H,59,67)(H,60,70)(H,61,71)(H,62,68)(H,63,69)/t32-,33-,36-,37-,40+,41?,42-,43-,44-,47+/m0/s1. The maximum atomic E-state index is 14.5. The average Bonchev–Trinajstić information content (AvgIpc) is 3.99. The third-order valence-electron chi connectivity index (χ3n) is 15.0. The van der Waals surface area contributed by atoms with Crippen LogP contribution in [0.1, 0.15) is 140 Å². The number of carbonyl (C=O) groups excluding carboxylic acids is 8. The van der Waals surface area contributed by atoms with Gasteiger partial charge in [0.15, 0.2) is 0 Å². The van der Waals surface area contributed by atoms with Crippen LogP contribution < -0.4 is 48.3 Å². The molecular formula is C54H81N11O8. The van der Waals surface area contributed by atoms with Crippen molar-refractivity contribution in [1.82, 2.24) is 52.3 Å². The van der Waals surface area contributed by atoms with Crippen molar-refractivity contribution in [2.24, 2.45) is 11.1 Å². The first-order chi connectivity index (χ1) is 34.8.